The van der Waals surface area contributed by atoms with Gasteiger partial charge < -0.3 is 0 Å². The van der Waals surface area contributed by atoms with E-state index < -0.39 is 0 Å². The van der Waals surface area contributed by atoms with Crippen molar-refractivity contribution in [3.63, 3.8) is 0 Å². The summed E-state index contributed by atoms with van der Waals surface area (Å²) >= 11 is 5.38. The Kier molecular flexibility index (Phi) is 16.5. The molecule has 0 amide bonds. The van der Waals surface area contributed by atoms with Crippen LogP contribution in [0.1, 0.15) is 53.4 Å². The largest absolute Gasteiger partial charge is 0.122 e. The van der Waals surface area contributed by atoms with E-state index in [2.05, 4.69) is 13.8 Å². The monoisotopic (exact) mass is 190 g/mol. The van der Waals surface area contributed by atoms with Gasteiger partial charge in [0.25, 0.3) is 0 Å². The molecule has 0 rings (SSSR count). The lowest BCUT2D eigenvalue weighted by atomic mass is 10.2. The molecular formula is C11H23Cl. The predicted octanol–water partition coefficient (Wildman–Crippen LogP) is 4.78. The maximum absolute atomic E-state index is 5.38. The molecule has 0 nitrogen and oxygen atoms in total. The van der Waals surface area contributed by atoms with Gasteiger partial charge in [0, 0.05) is 5.88 Å². The lowest BCUT2D eigenvalue weighted by molar-refractivity contribution is 0.702. The van der Waals surface area contributed by atoms with Crippen molar-refractivity contribution in [2.45, 2.75) is 53.4 Å². The molecule has 0 aromatic carbocycles. The van der Waals surface area contributed by atoms with Crippen LogP contribution in [-0.4, -0.2) is 5.88 Å². The minimum absolute atomic E-state index is 0.663. The van der Waals surface area contributed by atoms with Crippen molar-refractivity contribution < 1.29 is 0 Å². The van der Waals surface area contributed by atoms with E-state index in [1.54, 1.807) is 0 Å². The van der Waals surface area contributed by atoms with Gasteiger partial charge in [-0.25, -0.2) is 0 Å². The Balaban J connectivity index is 0. The molecule has 0 atom stereocenters. The van der Waals surface area contributed by atoms with Crippen LogP contribution in [0, 0.1) is 0 Å². The summed E-state index contributed by atoms with van der Waals surface area (Å²) in [7, 11) is 0. The second-order valence-electron chi connectivity index (χ2n) is 2.98. The van der Waals surface area contributed by atoms with Gasteiger partial charge in [0.2, 0.25) is 0 Å². The maximum Gasteiger partial charge on any atom is 0.0430 e. The third kappa shape index (κ3) is 16.5. The van der Waals surface area contributed by atoms with E-state index in [1.165, 1.54) is 31.3 Å². The van der Waals surface area contributed by atoms with E-state index >= 15 is 0 Å². The van der Waals surface area contributed by atoms with Gasteiger partial charge in [-0.15, -0.1) is 11.6 Å². The maximum atomic E-state index is 5.38. The first kappa shape index (κ1) is 14.5. The first-order chi connectivity index (χ1) is 5.72. The van der Waals surface area contributed by atoms with Crippen LogP contribution >= 0.6 is 11.6 Å². The van der Waals surface area contributed by atoms with Crippen LogP contribution in [0.25, 0.3) is 0 Å². The highest BCUT2D eigenvalue weighted by Crippen LogP contribution is 1.95. The molecule has 0 radical (unpaired) electrons. The molecule has 0 heterocycles. The molecule has 0 fully saturated rings. The highest BCUT2D eigenvalue weighted by molar-refractivity contribution is 6.19. The molecule has 0 saturated heterocycles. The van der Waals surface area contributed by atoms with Gasteiger partial charge in [0.1, 0.15) is 0 Å². The Morgan fingerprint density at radius 3 is 1.67 bits per heavy atom. The van der Waals surface area contributed by atoms with Gasteiger partial charge in [-0.2, -0.15) is 0 Å². The number of allylic oxidation sites excluding steroid dienone is 2. The van der Waals surface area contributed by atoms with E-state index in [4.69, 9.17) is 11.6 Å². The fourth-order valence-electron chi connectivity index (χ4n) is 0.577. The van der Waals surface area contributed by atoms with Crippen LogP contribution in [0.4, 0.5) is 0 Å². The summed E-state index contributed by atoms with van der Waals surface area (Å²) in [5.74, 6) is 0.663. The van der Waals surface area contributed by atoms with Crippen molar-refractivity contribution >= 4 is 11.6 Å². The van der Waals surface area contributed by atoms with Gasteiger partial charge >= 0.3 is 0 Å². The molecule has 0 aliphatic rings. The topological polar surface area (TPSA) is 0 Å². The van der Waals surface area contributed by atoms with E-state index in [0.29, 0.717) is 5.88 Å². The van der Waals surface area contributed by atoms with Crippen molar-refractivity contribution in [2.75, 3.05) is 5.88 Å². The lowest BCUT2D eigenvalue weighted by Gasteiger charge is -1.86. The van der Waals surface area contributed by atoms with Gasteiger partial charge in [-0.05, 0) is 13.8 Å². The fourth-order valence-corrected chi connectivity index (χ4v) is 0.731. The van der Waals surface area contributed by atoms with Crippen molar-refractivity contribution in [1.82, 2.24) is 0 Å². The Bertz CT molecular complexity index is 91.2. The predicted molar refractivity (Wildman–Crippen MR) is 60.0 cm³/mol. The number of alkyl halides is 1. The van der Waals surface area contributed by atoms with Crippen LogP contribution in [0.5, 0.6) is 0 Å². The first-order valence-corrected chi connectivity index (χ1v) is 5.44. The minimum atomic E-state index is 0.663. The second-order valence-corrected chi connectivity index (χ2v) is 3.24. The fraction of sp³-hybridized carbons (Fsp3) is 0.818. The Hall–Kier alpha value is 0.0300. The van der Waals surface area contributed by atoms with Crippen LogP contribution in [0.2, 0.25) is 0 Å². The molecule has 0 aromatic heterocycles. The molecule has 0 saturated carbocycles. The third-order valence-electron chi connectivity index (χ3n) is 1.66. The van der Waals surface area contributed by atoms with Gasteiger partial charge in [-0.3, -0.25) is 0 Å². The van der Waals surface area contributed by atoms with E-state index in [-0.39, 0.29) is 0 Å². The summed E-state index contributed by atoms with van der Waals surface area (Å²) in [4.78, 5) is 0. The van der Waals surface area contributed by atoms with E-state index in [1.807, 2.05) is 19.9 Å². The van der Waals surface area contributed by atoms with Crippen molar-refractivity contribution in [3.05, 3.63) is 11.6 Å². The van der Waals surface area contributed by atoms with Gasteiger partial charge in [0.05, 0.1) is 0 Å². The zero-order valence-electron chi connectivity index (χ0n) is 8.99. The standard InChI is InChI=1S/C6H14.C5H9Cl/c1-3-5-6-4-2;1-3-5(2)4-6/h3-6H2,1-2H3;3H,4H2,1-2H3/b;5-3+. The molecule has 0 aliphatic heterocycles. The van der Waals surface area contributed by atoms with Gasteiger partial charge in [0.15, 0.2) is 0 Å². The molecule has 74 valence electrons. The van der Waals surface area contributed by atoms with E-state index in [0.717, 1.165) is 0 Å². The number of hydrogen-bond donors (Lipinski definition) is 0. The Morgan fingerprint density at radius 2 is 1.58 bits per heavy atom. The average Bonchev–Trinajstić information content (AvgIpc) is 2.14. The SMILES string of the molecule is C/C=C(\C)CCl.CCCCCC. The Labute approximate surface area is 83.0 Å². The summed E-state index contributed by atoms with van der Waals surface area (Å²) < 4.78 is 0. The zero-order valence-corrected chi connectivity index (χ0v) is 9.75. The smallest absolute Gasteiger partial charge is 0.0430 e. The first-order valence-electron chi connectivity index (χ1n) is 4.90. The molecular weight excluding hydrogens is 168 g/mol. The second kappa shape index (κ2) is 13.6. The van der Waals surface area contributed by atoms with Crippen LogP contribution < -0.4 is 0 Å². The van der Waals surface area contributed by atoms with Crippen LogP contribution in [0.3, 0.4) is 0 Å². The van der Waals surface area contributed by atoms with Crippen LogP contribution in [0.15, 0.2) is 11.6 Å². The highest BCUT2D eigenvalue weighted by Gasteiger charge is 1.75. The number of hydrogen-bond acceptors (Lipinski definition) is 0. The summed E-state index contributed by atoms with van der Waals surface area (Å²) in [5, 5.41) is 0. The highest BCUT2D eigenvalue weighted by atomic mass is 35.5. The Morgan fingerprint density at radius 1 is 1.17 bits per heavy atom. The molecule has 12 heavy (non-hydrogen) atoms. The number of halogens is 1. The average molecular weight is 191 g/mol. The normalized spacial score (nSPS) is 10.6. The number of rotatable bonds is 4. The van der Waals surface area contributed by atoms with Crippen LogP contribution in [-0.2, 0) is 0 Å². The quantitative estimate of drug-likeness (QED) is 0.340. The molecule has 0 bridgehead atoms. The van der Waals surface area contributed by atoms with Crippen molar-refractivity contribution in [3.8, 4) is 0 Å². The van der Waals surface area contributed by atoms with Crippen molar-refractivity contribution in [2.24, 2.45) is 0 Å². The van der Waals surface area contributed by atoms with E-state index in [9.17, 15) is 0 Å². The molecule has 0 aromatic rings. The minimum Gasteiger partial charge on any atom is -0.122 e. The summed E-state index contributed by atoms with van der Waals surface area (Å²) in [6, 6.07) is 0. The zero-order chi connectivity index (χ0) is 9.82. The lowest BCUT2D eigenvalue weighted by Crippen LogP contribution is -1.70. The summed E-state index contributed by atoms with van der Waals surface area (Å²) in [6.07, 6.45) is 7.54. The molecule has 0 aliphatic carbocycles. The summed E-state index contributed by atoms with van der Waals surface area (Å²) in [5.41, 5.74) is 1.23. The third-order valence-corrected chi connectivity index (χ3v) is 2.08. The molecule has 1 heteroatoms. The molecule has 0 spiro atoms. The van der Waals surface area contributed by atoms with Crippen molar-refractivity contribution in [1.29, 1.82) is 0 Å². The summed E-state index contributed by atoms with van der Waals surface area (Å²) in [6.45, 7) is 8.45. The molecule has 0 N–H and O–H groups in total. The van der Waals surface area contributed by atoms with Gasteiger partial charge in [-0.1, -0.05) is 51.2 Å². The molecule has 0 unspecified atom stereocenters. The number of unbranched alkanes of at least 4 members (excludes halogenated alkanes) is 3.